The molecule has 14 heavy (non-hydrogen) atoms. The van der Waals surface area contributed by atoms with E-state index in [-0.39, 0.29) is 0 Å². The van der Waals surface area contributed by atoms with Gasteiger partial charge in [-0.2, -0.15) is 0 Å². The first-order valence-electron chi connectivity index (χ1n) is 5.01. The number of H-pyrrole nitrogens is 1. The van der Waals surface area contributed by atoms with Crippen molar-refractivity contribution >= 4 is 0 Å². The predicted octanol–water partition coefficient (Wildman–Crippen LogP) is 2.10. The fourth-order valence-corrected chi connectivity index (χ4v) is 2.14. The quantitative estimate of drug-likeness (QED) is 0.667. The lowest BCUT2D eigenvalue weighted by Crippen LogP contribution is -1.91. The molecule has 1 heterocycles. The van der Waals surface area contributed by atoms with Gasteiger partial charge in [-0.3, -0.25) is 0 Å². The Morgan fingerprint density at radius 3 is 2.86 bits per heavy atom. The number of aromatic amines is 1. The maximum atomic E-state index is 4.34. The number of nitrogens with zero attached hydrogens (tertiary/aromatic N) is 1. The summed E-state index contributed by atoms with van der Waals surface area (Å²) in [5.74, 6) is 0. The average molecular weight is 184 g/mol. The van der Waals surface area contributed by atoms with Gasteiger partial charge in [0.1, 0.15) is 0 Å². The Bertz CT molecular complexity index is 457. The van der Waals surface area contributed by atoms with Crippen molar-refractivity contribution in [2.75, 3.05) is 0 Å². The summed E-state index contributed by atoms with van der Waals surface area (Å²) in [6.07, 6.45) is 4.99. The zero-order valence-electron chi connectivity index (χ0n) is 7.96. The summed E-state index contributed by atoms with van der Waals surface area (Å²) in [5, 5.41) is 0. The van der Waals surface area contributed by atoms with Crippen LogP contribution in [-0.2, 0) is 19.3 Å². The minimum atomic E-state index is 1.01. The van der Waals surface area contributed by atoms with Crippen LogP contribution in [-0.4, -0.2) is 9.97 Å². The third kappa shape index (κ3) is 1.15. The summed E-state index contributed by atoms with van der Waals surface area (Å²) in [7, 11) is 0. The van der Waals surface area contributed by atoms with Gasteiger partial charge in [-0.15, -0.1) is 0 Å². The van der Waals surface area contributed by atoms with E-state index in [1.54, 1.807) is 6.33 Å². The summed E-state index contributed by atoms with van der Waals surface area (Å²) >= 11 is 0. The van der Waals surface area contributed by atoms with Gasteiger partial charge < -0.3 is 4.98 Å². The Morgan fingerprint density at radius 2 is 1.93 bits per heavy atom. The van der Waals surface area contributed by atoms with Crippen LogP contribution in [0.4, 0.5) is 0 Å². The maximum Gasteiger partial charge on any atom is 0.0925 e. The number of aryl methyl sites for hydroxylation is 2. The minimum absolute atomic E-state index is 1.01. The summed E-state index contributed by atoms with van der Waals surface area (Å²) < 4.78 is 0. The van der Waals surface area contributed by atoms with Crippen LogP contribution in [0, 0.1) is 0 Å². The molecule has 0 bridgehead atoms. The highest BCUT2D eigenvalue weighted by Gasteiger charge is 2.13. The van der Waals surface area contributed by atoms with Crippen LogP contribution in [0.2, 0.25) is 0 Å². The van der Waals surface area contributed by atoms with Gasteiger partial charge in [0.2, 0.25) is 0 Å². The fourth-order valence-electron chi connectivity index (χ4n) is 2.14. The molecule has 0 unspecified atom stereocenters. The van der Waals surface area contributed by atoms with E-state index < -0.39 is 0 Å². The van der Waals surface area contributed by atoms with Crippen LogP contribution >= 0.6 is 0 Å². The summed E-state index contributed by atoms with van der Waals surface area (Å²) in [6.45, 7) is 0. The molecule has 1 N–H and O–H groups in total. The Labute approximate surface area is 83.0 Å². The van der Waals surface area contributed by atoms with E-state index in [1.807, 2.05) is 0 Å². The molecule has 0 saturated carbocycles. The van der Waals surface area contributed by atoms with E-state index in [1.165, 1.54) is 22.5 Å². The van der Waals surface area contributed by atoms with E-state index >= 15 is 0 Å². The van der Waals surface area contributed by atoms with Crippen molar-refractivity contribution in [3.8, 4) is 0 Å². The summed E-state index contributed by atoms with van der Waals surface area (Å²) in [4.78, 5) is 7.57. The number of benzene rings is 1. The topological polar surface area (TPSA) is 28.7 Å². The largest absolute Gasteiger partial charge is 0.348 e. The van der Waals surface area contributed by atoms with Crippen molar-refractivity contribution in [3.05, 3.63) is 53.1 Å². The fraction of sp³-hybridized carbons (Fsp3) is 0.250. The van der Waals surface area contributed by atoms with Gasteiger partial charge >= 0.3 is 0 Å². The monoisotopic (exact) mass is 184 g/mol. The highest BCUT2D eigenvalue weighted by Crippen LogP contribution is 2.21. The molecule has 0 aliphatic heterocycles. The molecule has 1 aromatic heterocycles. The molecular weight excluding hydrogens is 172 g/mol. The lowest BCUT2D eigenvalue weighted by Gasteiger charge is -2.03. The molecule has 0 fully saturated rings. The van der Waals surface area contributed by atoms with E-state index in [0.29, 0.717) is 0 Å². The molecule has 70 valence electrons. The van der Waals surface area contributed by atoms with Crippen molar-refractivity contribution in [2.45, 2.75) is 19.3 Å². The Hall–Kier alpha value is -1.57. The van der Waals surface area contributed by atoms with Gasteiger partial charge in [-0.25, -0.2) is 4.98 Å². The molecule has 0 spiro atoms. The van der Waals surface area contributed by atoms with Gasteiger partial charge in [-0.05, 0) is 24.0 Å². The van der Waals surface area contributed by atoms with Crippen LogP contribution < -0.4 is 0 Å². The van der Waals surface area contributed by atoms with Gasteiger partial charge in [0.25, 0.3) is 0 Å². The predicted molar refractivity (Wildman–Crippen MR) is 55.2 cm³/mol. The molecule has 3 rings (SSSR count). The number of imidazole rings is 1. The van der Waals surface area contributed by atoms with Crippen LogP contribution in [0.3, 0.4) is 0 Å². The van der Waals surface area contributed by atoms with Crippen molar-refractivity contribution in [3.63, 3.8) is 0 Å². The second kappa shape index (κ2) is 2.98. The highest BCUT2D eigenvalue weighted by atomic mass is 14.9. The molecule has 2 aromatic rings. The Balaban J connectivity index is 2.10. The molecule has 1 aromatic carbocycles. The van der Waals surface area contributed by atoms with E-state index in [4.69, 9.17) is 0 Å². The molecule has 1 aliphatic carbocycles. The SMILES string of the molecule is c1ccc2c(c1)CCc1nc[nH]c1C2. The Kier molecular flexibility index (Phi) is 1.66. The standard InChI is InChI=1S/C12H12N2/c1-2-4-10-7-12-11(13-8-14-12)6-5-9(10)3-1/h1-4,8H,5-7H2,(H,13,14). The van der Waals surface area contributed by atoms with Crippen molar-refractivity contribution in [1.29, 1.82) is 0 Å². The number of rotatable bonds is 0. The highest BCUT2D eigenvalue weighted by molar-refractivity contribution is 5.35. The second-order valence-corrected chi connectivity index (χ2v) is 3.77. The molecule has 0 atom stereocenters. The number of fused-ring (bicyclic) bond motifs is 2. The molecule has 0 amide bonds. The zero-order valence-corrected chi connectivity index (χ0v) is 7.96. The van der Waals surface area contributed by atoms with Gasteiger partial charge in [0.15, 0.2) is 0 Å². The zero-order chi connectivity index (χ0) is 9.38. The molecule has 0 saturated heterocycles. The van der Waals surface area contributed by atoms with Crippen molar-refractivity contribution in [2.24, 2.45) is 0 Å². The molecule has 2 nitrogen and oxygen atoms in total. The molecule has 0 radical (unpaired) electrons. The smallest absolute Gasteiger partial charge is 0.0925 e. The van der Waals surface area contributed by atoms with E-state index in [9.17, 15) is 0 Å². The summed E-state index contributed by atoms with van der Waals surface area (Å²) in [6, 6.07) is 8.67. The van der Waals surface area contributed by atoms with Crippen LogP contribution in [0.5, 0.6) is 0 Å². The third-order valence-electron chi connectivity index (χ3n) is 2.92. The van der Waals surface area contributed by atoms with Gasteiger partial charge in [0.05, 0.1) is 12.0 Å². The second-order valence-electron chi connectivity index (χ2n) is 3.77. The maximum absolute atomic E-state index is 4.34. The number of nitrogens with one attached hydrogen (secondary N) is 1. The summed E-state index contributed by atoms with van der Waals surface area (Å²) in [5.41, 5.74) is 5.44. The van der Waals surface area contributed by atoms with Crippen molar-refractivity contribution < 1.29 is 0 Å². The molecule has 1 aliphatic rings. The third-order valence-corrected chi connectivity index (χ3v) is 2.92. The lowest BCUT2D eigenvalue weighted by atomic mass is 10.0. The Morgan fingerprint density at radius 1 is 1.07 bits per heavy atom. The van der Waals surface area contributed by atoms with Crippen LogP contribution in [0.1, 0.15) is 22.5 Å². The van der Waals surface area contributed by atoms with Crippen LogP contribution in [0.15, 0.2) is 30.6 Å². The van der Waals surface area contributed by atoms with Gasteiger partial charge in [-0.1, -0.05) is 24.3 Å². The molecule has 2 heteroatoms. The average Bonchev–Trinajstić information content (AvgIpc) is 2.58. The van der Waals surface area contributed by atoms with E-state index in [0.717, 1.165) is 19.3 Å². The van der Waals surface area contributed by atoms with E-state index in [2.05, 4.69) is 34.2 Å². The first kappa shape index (κ1) is 7.80. The number of hydrogen-bond donors (Lipinski definition) is 1. The lowest BCUT2D eigenvalue weighted by molar-refractivity contribution is 0.929. The molecular formula is C12H12N2. The number of aromatic nitrogens is 2. The van der Waals surface area contributed by atoms with Crippen LogP contribution in [0.25, 0.3) is 0 Å². The first-order chi connectivity index (χ1) is 6.93. The minimum Gasteiger partial charge on any atom is -0.348 e. The van der Waals surface area contributed by atoms with Crippen molar-refractivity contribution in [1.82, 2.24) is 9.97 Å². The normalized spacial score (nSPS) is 14.3. The number of hydrogen-bond acceptors (Lipinski definition) is 1. The van der Waals surface area contributed by atoms with Gasteiger partial charge in [0, 0.05) is 12.1 Å². The first-order valence-corrected chi connectivity index (χ1v) is 5.01.